The fourth-order valence-corrected chi connectivity index (χ4v) is 6.93. The highest BCUT2D eigenvalue weighted by atomic mass is 79.9. The molecule has 0 radical (unpaired) electrons. The molecule has 5 aromatic rings. The Balaban J connectivity index is 1.15. The Hall–Kier alpha value is -4.97. The molecule has 1 saturated heterocycles. The van der Waals surface area contributed by atoms with Gasteiger partial charge in [0.1, 0.15) is 40.3 Å². The second kappa shape index (κ2) is 11.1. The number of carbonyl (C=O) groups is 3. The normalized spacial score (nSPS) is 20.0. The third kappa shape index (κ3) is 5.32. The SMILES string of the molecule is CC(=O)c1nn(CC(=O)N2C(C(=O)Nc3cc(-c4ccccc4O)cc(Br)n3)C[C@@]3(C)C[C@@H]23)c2ccc(-c3cnc(C)nc3)cc12. The number of halogens is 1. The lowest BCUT2D eigenvalue weighted by Gasteiger charge is -2.27. The van der Waals surface area contributed by atoms with Crippen molar-refractivity contribution in [3.8, 4) is 28.0 Å². The van der Waals surface area contributed by atoms with Crippen molar-refractivity contribution >= 4 is 50.2 Å². The van der Waals surface area contributed by atoms with Gasteiger partial charge in [0.15, 0.2) is 5.78 Å². The third-order valence-corrected chi connectivity index (χ3v) is 9.38. The summed E-state index contributed by atoms with van der Waals surface area (Å²) in [5, 5.41) is 18.4. The Kier molecular flexibility index (Phi) is 7.19. The standard InChI is InChI=1S/C34H30BrN7O4/c1-18(43)32-24-10-20(22-15-36-19(2)37-16-22)8-9-25(24)41(40-32)17-31(45)42-26(13-34(3)14-28(34)42)33(46)39-30-12-21(11-29(35)38-30)23-6-4-5-7-27(23)44/h4-12,15-16,26,28,44H,13-14,17H2,1-3H3,(H,38,39,46)/t26?,28-,34+/m1/s1. The molecule has 0 spiro atoms. The molecule has 7 rings (SSSR count). The van der Waals surface area contributed by atoms with Gasteiger partial charge in [-0.05, 0) is 82.6 Å². The fraction of sp³-hybridized carbons (Fsp3) is 0.265. The van der Waals surface area contributed by atoms with Crippen LogP contribution in [0.2, 0.25) is 0 Å². The van der Waals surface area contributed by atoms with Crippen molar-refractivity contribution in [2.24, 2.45) is 5.41 Å². The summed E-state index contributed by atoms with van der Waals surface area (Å²) in [4.78, 5) is 54.9. The first-order chi connectivity index (χ1) is 22.0. The van der Waals surface area contributed by atoms with Crippen molar-refractivity contribution in [1.82, 2.24) is 29.6 Å². The largest absolute Gasteiger partial charge is 0.507 e. The minimum atomic E-state index is -0.701. The molecule has 0 bridgehead atoms. The predicted molar refractivity (Wildman–Crippen MR) is 175 cm³/mol. The van der Waals surface area contributed by atoms with Gasteiger partial charge in [-0.2, -0.15) is 5.10 Å². The summed E-state index contributed by atoms with van der Waals surface area (Å²) in [6.07, 6.45) is 4.80. The zero-order chi connectivity index (χ0) is 32.3. The topological polar surface area (TPSA) is 143 Å². The van der Waals surface area contributed by atoms with Crippen LogP contribution in [0.5, 0.6) is 5.75 Å². The van der Waals surface area contributed by atoms with E-state index in [-0.39, 0.29) is 47.0 Å². The van der Waals surface area contributed by atoms with Crippen LogP contribution in [-0.4, -0.2) is 64.4 Å². The summed E-state index contributed by atoms with van der Waals surface area (Å²) in [5.74, 6) is 0.264. The number of rotatable bonds is 7. The highest BCUT2D eigenvalue weighted by Crippen LogP contribution is 2.59. The van der Waals surface area contributed by atoms with Crippen LogP contribution in [-0.2, 0) is 16.1 Å². The summed E-state index contributed by atoms with van der Waals surface area (Å²) in [6.45, 7) is 5.23. The van der Waals surface area contributed by atoms with Gasteiger partial charge in [-0.3, -0.25) is 19.1 Å². The molecule has 1 aliphatic heterocycles. The van der Waals surface area contributed by atoms with Crippen molar-refractivity contribution < 1.29 is 19.5 Å². The van der Waals surface area contributed by atoms with Crippen LogP contribution in [0.25, 0.3) is 33.2 Å². The van der Waals surface area contributed by atoms with Gasteiger partial charge in [-0.1, -0.05) is 31.2 Å². The number of benzene rings is 2. The summed E-state index contributed by atoms with van der Waals surface area (Å²) in [5.41, 5.74) is 3.67. The van der Waals surface area contributed by atoms with Crippen molar-refractivity contribution in [1.29, 1.82) is 0 Å². The molecule has 2 fully saturated rings. The molecule has 3 aromatic heterocycles. The maximum absolute atomic E-state index is 14.0. The van der Waals surface area contributed by atoms with E-state index < -0.39 is 6.04 Å². The van der Waals surface area contributed by atoms with Gasteiger partial charge in [-0.25, -0.2) is 15.0 Å². The smallest absolute Gasteiger partial charge is 0.248 e. The van der Waals surface area contributed by atoms with Gasteiger partial charge >= 0.3 is 0 Å². The summed E-state index contributed by atoms with van der Waals surface area (Å²) in [7, 11) is 0. The number of piperidine rings is 1. The number of hydrogen-bond acceptors (Lipinski definition) is 8. The molecule has 12 heteroatoms. The lowest BCUT2D eigenvalue weighted by Crippen LogP contribution is -2.46. The van der Waals surface area contributed by atoms with Crippen LogP contribution < -0.4 is 5.32 Å². The Labute approximate surface area is 272 Å². The Morgan fingerprint density at radius 1 is 1.02 bits per heavy atom. The molecule has 2 aliphatic rings. The summed E-state index contributed by atoms with van der Waals surface area (Å²) >= 11 is 3.41. The molecular weight excluding hydrogens is 650 g/mol. The lowest BCUT2D eigenvalue weighted by molar-refractivity contribution is -0.138. The first-order valence-corrected chi connectivity index (χ1v) is 15.7. The van der Waals surface area contributed by atoms with E-state index in [1.54, 1.807) is 52.3 Å². The molecule has 1 aliphatic carbocycles. The van der Waals surface area contributed by atoms with Gasteiger partial charge in [0.2, 0.25) is 11.8 Å². The number of fused-ring (bicyclic) bond motifs is 2. The molecule has 1 unspecified atom stereocenters. The number of pyridine rings is 1. The average Bonchev–Trinajstić information content (AvgIpc) is 3.38. The molecule has 2 amide bonds. The van der Waals surface area contributed by atoms with Crippen LogP contribution in [0.15, 0.2) is 71.6 Å². The highest BCUT2D eigenvalue weighted by Gasteiger charge is 2.64. The maximum atomic E-state index is 14.0. The van der Waals surface area contributed by atoms with E-state index in [0.29, 0.717) is 44.7 Å². The van der Waals surface area contributed by atoms with Crippen molar-refractivity contribution in [2.75, 3.05) is 5.32 Å². The quantitative estimate of drug-likeness (QED) is 0.168. The second-order valence-corrected chi connectivity index (χ2v) is 13.1. The van der Waals surface area contributed by atoms with Crippen LogP contribution in [0.4, 0.5) is 5.82 Å². The number of anilines is 1. The molecule has 2 aromatic carbocycles. The molecular formula is C34H30BrN7O4. The number of hydrogen-bond donors (Lipinski definition) is 2. The van der Waals surface area contributed by atoms with Crippen LogP contribution in [0.1, 0.15) is 43.0 Å². The van der Waals surface area contributed by atoms with Gasteiger partial charge in [0.25, 0.3) is 0 Å². The number of para-hydroxylation sites is 1. The van der Waals surface area contributed by atoms with Crippen molar-refractivity contribution in [2.45, 2.75) is 52.2 Å². The number of likely N-dealkylation sites (tertiary alicyclic amines) is 1. The molecule has 46 heavy (non-hydrogen) atoms. The molecule has 4 heterocycles. The monoisotopic (exact) mass is 679 g/mol. The van der Waals surface area contributed by atoms with E-state index in [2.05, 4.69) is 48.2 Å². The summed E-state index contributed by atoms with van der Waals surface area (Å²) in [6, 6.07) is 15.2. The van der Waals surface area contributed by atoms with Gasteiger partial charge in [-0.15, -0.1) is 0 Å². The van der Waals surface area contributed by atoms with Crippen molar-refractivity contribution in [3.63, 3.8) is 0 Å². The Morgan fingerprint density at radius 2 is 1.78 bits per heavy atom. The third-order valence-electron chi connectivity index (χ3n) is 8.97. The molecule has 1 saturated carbocycles. The van der Waals surface area contributed by atoms with E-state index in [1.165, 1.54) is 6.92 Å². The number of aromatic nitrogens is 5. The predicted octanol–water partition coefficient (Wildman–Crippen LogP) is 5.55. The van der Waals surface area contributed by atoms with E-state index in [4.69, 9.17) is 0 Å². The Morgan fingerprint density at radius 3 is 2.52 bits per heavy atom. The van der Waals surface area contributed by atoms with Gasteiger partial charge in [0.05, 0.1) is 5.52 Å². The number of aromatic hydroxyl groups is 1. The molecule has 232 valence electrons. The lowest BCUT2D eigenvalue weighted by atomic mass is 10.0. The first kappa shape index (κ1) is 29.7. The van der Waals surface area contributed by atoms with Crippen LogP contribution in [0.3, 0.4) is 0 Å². The number of nitrogens with one attached hydrogen (secondary N) is 1. The number of phenolic OH excluding ortho intramolecular Hbond substituents is 1. The van der Waals surface area contributed by atoms with Gasteiger partial charge in [0, 0.05) is 41.9 Å². The number of ketones is 1. The maximum Gasteiger partial charge on any atom is 0.248 e. The minimum absolute atomic E-state index is 0.0645. The van der Waals surface area contributed by atoms with Crippen LogP contribution in [0, 0.1) is 12.3 Å². The van der Waals surface area contributed by atoms with E-state index in [1.807, 2.05) is 31.2 Å². The van der Waals surface area contributed by atoms with E-state index in [0.717, 1.165) is 17.5 Å². The van der Waals surface area contributed by atoms with E-state index >= 15 is 0 Å². The molecule has 11 nitrogen and oxygen atoms in total. The number of carbonyl (C=O) groups excluding carboxylic acids is 3. The molecule has 3 atom stereocenters. The zero-order valence-corrected chi connectivity index (χ0v) is 26.9. The number of nitrogens with zero attached hydrogens (tertiary/aromatic N) is 6. The fourth-order valence-electron chi connectivity index (χ4n) is 6.49. The Bertz CT molecular complexity index is 2060. The second-order valence-electron chi connectivity index (χ2n) is 12.3. The highest BCUT2D eigenvalue weighted by molar-refractivity contribution is 9.10. The van der Waals surface area contributed by atoms with Crippen LogP contribution >= 0.6 is 15.9 Å². The number of amides is 2. The molecule has 2 N–H and O–H groups in total. The zero-order valence-electron chi connectivity index (χ0n) is 25.4. The first-order valence-electron chi connectivity index (χ1n) is 14.9. The number of aryl methyl sites for hydroxylation is 1. The van der Waals surface area contributed by atoms with E-state index in [9.17, 15) is 19.5 Å². The summed E-state index contributed by atoms with van der Waals surface area (Å²) < 4.78 is 2.04. The minimum Gasteiger partial charge on any atom is -0.507 e. The van der Waals surface area contributed by atoms with Crippen molar-refractivity contribution in [3.05, 3.63) is 83.1 Å². The average molecular weight is 681 g/mol. The number of phenols is 1. The van der Waals surface area contributed by atoms with Gasteiger partial charge < -0.3 is 15.3 Å². The number of Topliss-reactive ketones (excluding diaryl/α,β-unsaturated/α-hetero) is 1.